The van der Waals surface area contributed by atoms with Crippen LogP contribution in [0.5, 0.6) is 5.75 Å². The third kappa shape index (κ3) is 6.10. The fraction of sp³-hybridized carbons (Fsp3) is 0.385. The average molecular weight is 500 g/mol. The lowest BCUT2D eigenvalue weighted by Gasteiger charge is -2.21. The fourth-order valence-electron chi connectivity index (χ4n) is 4.08. The molecule has 2 aliphatic rings. The number of hydrogen-bond acceptors (Lipinski definition) is 6. The van der Waals surface area contributed by atoms with Crippen LogP contribution in [0.2, 0.25) is 0 Å². The van der Waals surface area contributed by atoms with Gasteiger partial charge in [-0.2, -0.15) is 0 Å². The number of anilines is 3. The molecule has 1 fully saturated rings. The van der Waals surface area contributed by atoms with E-state index < -0.39 is 0 Å². The van der Waals surface area contributed by atoms with Gasteiger partial charge in [0.25, 0.3) is 0 Å². The lowest BCUT2D eigenvalue weighted by atomic mass is 9.90. The van der Waals surface area contributed by atoms with Crippen LogP contribution in [0, 0.1) is 11.7 Å². The molecule has 1 aliphatic heterocycles. The number of carbonyl (C=O) groups is 1. The molecule has 8 heteroatoms. The first kappa shape index (κ1) is 24.5. The lowest BCUT2D eigenvalue weighted by Crippen LogP contribution is -2.18. The van der Waals surface area contributed by atoms with E-state index in [2.05, 4.69) is 15.6 Å². The van der Waals surface area contributed by atoms with Crippen molar-refractivity contribution < 1.29 is 13.9 Å². The zero-order chi connectivity index (χ0) is 23.9. The van der Waals surface area contributed by atoms with Crippen LogP contribution in [0.1, 0.15) is 46.0 Å². The molecule has 5 rings (SSSR count). The molecule has 0 radical (unpaired) electrons. The summed E-state index contributed by atoms with van der Waals surface area (Å²) >= 11 is 2.99. The number of thiazole rings is 1. The summed E-state index contributed by atoms with van der Waals surface area (Å²) in [5.74, 6) is 0.920. The second kappa shape index (κ2) is 11.7. The predicted molar refractivity (Wildman–Crippen MR) is 140 cm³/mol. The number of nitrogens with one attached hydrogen (secondary N) is 2. The minimum absolute atomic E-state index is 0.0213. The third-order valence-electron chi connectivity index (χ3n) is 5.80. The zero-order valence-electron chi connectivity index (χ0n) is 19.5. The van der Waals surface area contributed by atoms with Crippen molar-refractivity contribution in [3.63, 3.8) is 0 Å². The molecule has 2 N–H and O–H groups in total. The number of carbonyl (C=O) groups excluding carboxylic acids is 1. The highest BCUT2D eigenvalue weighted by molar-refractivity contribution is 8.00. The molecule has 2 heterocycles. The van der Waals surface area contributed by atoms with E-state index in [0.29, 0.717) is 34.8 Å². The number of aromatic nitrogens is 1. The van der Waals surface area contributed by atoms with E-state index in [9.17, 15) is 9.18 Å². The molecule has 1 saturated carbocycles. The minimum Gasteiger partial charge on any atom is -0.490 e. The Hall–Kier alpha value is -2.58. The smallest absolute Gasteiger partial charge is 0.234 e. The normalized spacial score (nSPS) is 15.6. The number of nitrogens with zero attached hydrogens (tertiary/aromatic N) is 1. The number of halogens is 1. The van der Waals surface area contributed by atoms with Gasteiger partial charge in [-0.1, -0.05) is 39.2 Å². The number of fused-ring (bicyclic) bond motifs is 1. The zero-order valence-corrected chi connectivity index (χ0v) is 21.2. The van der Waals surface area contributed by atoms with E-state index >= 15 is 0 Å². The monoisotopic (exact) mass is 499 g/mol. The van der Waals surface area contributed by atoms with E-state index in [4.69, 9.17) is 4.74 Å². The molecule has 0 saturated heterocycles. The summed E-state index contributed by atoms with van der Waals surface area (Å²) in [5.41, 5.74) is 3.29. The summed E-state index contributed by atoms with van der Waals surface area (Å²) in [7, 11) is 0. The van der Waals surface area contributed by atoms with Crippen LogP contribution >= 0.6 is 23.1 Å². The predicted octanol–water partition coefficient (Wildman–Crippen LogP) is 7.72. The van der Waals surface area contributed by atoms with Crippen LogP contribution in [0.4, 0.5) is 20.9 Å². The van der Waals surface area contributed by atoms with Crippen LogP contribution in [0.3, 0.4) is 0 Å². The Balaban J connectivity index is 0.00000133. The molecule has 34 heavy (non-hydrogen) atoms. The molecule has 0 bridgehead atoms. The van der Waals surface area contributed by atoms with E-state index in [1.165, 1.54) is 61.3 Å². The molecular weight excluding hydrogens is 469 g/mol. The molecule has 1 amide bonds. The van der Waals surface area contributed by atoms with Gasteiger partial charge in [-0.05, 0) is 43.0 Å². The van der Waals surface area contributed by atoms with Gasteiger partial charge in [0, 0.05) is 27.6 Å². The molecule has 3 aromatic rings. The van der Waals surface area contributed by atoms with Gasteiger partial charge in [0.15, 0.2) is 16.7 Å². The SMILES string of the molecule is CC.O=C1CSc2cc(-c3csc(Nc4ccc(OCC5CCCCC5)c(F)c4)n3)ccc2N1. The van der Waals surface area contributed by atoms with Crippen molar-refractivity contribution in [2.75, 3.05) is 23.0 Å². The largest absolute Gasteiger partial charge is 0.490 e. The second-order valence-corrected chi connectivity index (χ2v) is 10.0. The Morgan fingerprint density at radius 2 is 1.97 bits per heavy atom. The average Bonchev–Trinajstić information content (AvgIpc) is 3.33. The summed E-state index contributed by atoms with van der Waals surface area (Å²) in [4.78, 5) is 17.2. The Morgan fingerprint density at radius 3 is 2.76 bits per heavy atom. The van der Waals surface area contributed by atoms with Gasteiger partial charge < -0.3 is 15.4 Å². The number of rotatable bonds is 6. The van der Waals surface area contributed by atoms with E-state index in [0.717, 1.165) is 21.8 Å². The summed E-state index contributed by atoms with van der Waals surface area (Å²) in [6, 6.07) is 10.8. The molecule has 0 atom stereocenters. The minimum atomic E-state index is -0.364. The highest BCUT2D eigenvalue weighted by atomic mass is 32.2. The summed E-state index contributed by atoms with van der Waals surface area (Å²) in [6.07, 6.45) is 6.13. The van der Waals surface area contributed by atoms with Gasteiger partial charge in [0.1, 0.15) is 0 Å². The first-order valence-corrected chi connectivity index (χ1v) is 13.7. The first-order valence-electron chi connectivity index (χ1n) is 11.9. The molecule has 0 spiro atoms. The third-order valence-corrected chi connectivity index (χ3v) is 7.61. The summed E-state index contributed by atoms with van der Waals surface area (Å²) < 4.78 is 20.3. The van der Waals surface area contributed by atoms with E-state index in [1.807, 2.05) is 43.5 Å². The van der Waals surface area contributed by atoms with Crippen molar-refractivity contribution in [1.82, 2.24) is 4.98 Å². The Bertz CT molecular complexity index is 1130. The van der Waals surface area contributed by atoms with Crippen LogP contribution in [-0.4, -0.2) is 23.3 Å². The van der Waals surface area contributed by atoms with Gasteiger partial charge in [0.05, 0.1) is 23.7 Å². The second-order valence-electron chi connectivity index (χ2n) is 8.17. The Labute approximate surface area is 208 Å². The molecule has 2 aromatic carbocycles. The number of benzene rings is 2. The fourth-order valence-corrected chi connectivity index (χ4v) is 5.66. The molecule has 1 aromatic heterocycles. The number of amides is 1. The number of hydrogen-bond donors (Lipinski definition) is 2. The van der Waals surface area contributed by atoms with Gasteiger partial charge in [-0.25, -0.2) is 9.37 Å². The van der Waals surface area contributed by atoms with Crippen LogP contribution in [0.25, 0.3) is 11.3 Å². The van der Waals surface area contributed by atoms with Crippen molar-refractivity contribution in [3.8, 4) is 17.0 Å². The number of thioether (sulfide) groups is 1. The Kier molecular flexibility index (Phi) is 8.45. The van der Waals surface area contributed by atoms with Crippen molar-refractivity contribution in [3.05, 3.63) is 47.6 Å². The molecule has 5 nitrogen and oxygen atoms in total. The molecule has 1 aliphatic carbocycles. The summed E-state index contributed by atoms with van der Waals surface area (Å²) in [6.45, 7) is 4.59. The van der Waals surface area contributed by atoms with E-state index in [1.54, 1.807) is 6.07 Å². The van der Waals surface area contributed by atoms with Crippen molar-refractivity contribution in [2.24, 2.45) is 5.92 Å². The van der Waals surface area contributed by atoms with Gasteiger partial charge >= 0.3 is 0 Å². The lowest BCUT2D eigenvalue weighted by molar-refractivity contribution is -0.113. The van der Waals surface area contributed by atoms with Crippen LogP contribution < -0.4 is 15.4 Å². The molecule has 180 valence electrons. The number of ether oxygens (including phenoxy) is 1. The maximum atomic E-state index is 14.6. The first-order chi connectivity index (χ1) is 16.6. The Morgan fingerprint density at radius 1 is 1.15 bits per heavy atom. The van der Waals surface area contributed by atoms with Gasteiger partial charge in [0.2, 0.25) is 5.91 Å². The topological polar surface area (TPSA) is 63.2 Å². The highest BCUT2D eigenvalue weighted by Gasteiger charge is 2.17. The van der Waals surface area contributed by atoms with E-state index in [-0.39, 0.29) is 11.7 Å². The maximum Gasteiger partial charge on any atom is 0.234 e. The standard InChI is InChI=1S/C24H24FN3O2S2.C2H6/c25-18-11-17(7-9-21(18)30-12-15-4-2-1-3-5-15)26-24-28-20(13-32-24)16-6-8-19-22(10-16)31-14-23(29)27-19;1-2/h6-11,13,15H,1-5,12,14H2,(H,26,28)(H,27,29);1-2H3. The molecule has 0 unspecified atom stereocenters. The highest BCUT2D eigenvalue weighted by Crippen LogP contribution is 2.36. The van der Waals surface area contributed by atoms with Gasteiger partial charge in [-0.15, -0.1) is 23.1 Å². The molecular formula is C26H30FN3O2S2. The summed E-state index contributed by atoms with van der Waals surface area (Å²) in [5, 5.41) is 8.72. The van der Waals surface area contributed by atoms with Crippen LogP contribution in [0.15, 0.2) is 46.7 Å². The van der Waals surface area contributed by atoms with Gasteiger partial charge in [-0.3, -0.25) is 4.79 Å². The maximum absolute atomic E-state index is 14.6. The van der Waals surface area contributed by atoms with Crippen LogP contribution in [-0.2, 0) is 4.79 Å². The van der Waals surface area contributed by atoms with Crippen molar-refractivity contribution >= 4 is 45.5 Å². The van der Waals surface area contributed by atoms with Crippen molar-refractivity contribution in [2.45, 2.75) is 50.8 Å². The quantitative estimate of drug-likeness (QED) is 0.363. The van der Waals surface area contributed by atoms with Crippen molar-refractivity contribution in [1.29, 1.82) is 0 Å².